The summed E-state index contributed by atoms with van der Waals surface area (Å²) in [5, 5.41) is 0. The first-order valence-electron chi connectivity index (χ1n) is 6.40. The van der Waals surface area contributed by atoms with Gasteiger partial charge in [-0.1, -0.05) is 6.07 Å². The molecule has 0 aliphatic heterocycles. The highest BCUT2D eigenvalue weighted by molar-refractivity contribution is 5.11. The number of pyridine rings is 1. The van der Waals surface area contributed by atoms with Crippen LogP contribution in [0.15, 0.2) is 18.2 Å². The van der Waals surface area contributed by atoms with E-state index in [4.69, 9.17) is 5.73 Å². The van der Waals surface area contributed by atoms with Gasteiger partial charge in [0.2, 0.25) is 0 Å². The van der Waals surface area contributed by atoms with E-state index in [0.29, 0.717) is 0 Å². The third-order valence-corrected chi connectivity index (χ3v) is 4.09. The lowest BCUT2D eigenvalue weighted by molar-refractivity contribution is 0.111. The molecule has 2 N–H and O–H groups in total. The molecule has 2 rings (SSSR count). The molecule has 17 heavy (non-hydrogen) atoms. The molecule has 0 radical (unpaired) electrons. The second-order valence-corrected chi connectivity index (χ2v) is 5.46. The molecule has 1 aromatic rings. The van der Waals surface area contributed by atoms with E-state index in [-0.39, 0.29) is 5.54 Å². The molecule has 1 unspecified atom stereocenters. The SMILES string of the molecule is Cc1cccc(CN(C)C(C)(CN)C2CC2)n1. The average Bonchev–Trinajstić information content (AvgIpc) is 3.12. The summed E-state index contributed by atoms with van der Waals surface area (Å²) in [6.45, 7) is 5.92. The first kappa shape index (κ1) is 12.5. The molecule has 0 bridgehead atoms. The van der Waals surface area contributed by atoms with E-state index >= 15 is 0 Å². The molecule has 1 aromatic heterocycles. The van der Waals surface area contributed by atoms with Crippen molar-refractivity contribution in [3.8, 4) is 0 Å². The van der Waals surface area contributed by atoms with Crippen LogP contribution in [0.1, 0.15) is 31.2 Å². The Morgan fingerprint density at radius 3 is 2.71 bits per heavy atom. The Labute approximate surface area is 104 Å². The van der Waals surface area contributed by atoms with Gasteiger partial charge in [0.25, 0.3) is 0 Å². The van der Waals surface area contributed by atoms with Crippen LogP contribution < -0.4 is 5.73 Å². The molecule has 0 spiro atoms. The van der Waals surface area contributed by atoms with Crippen LogP contribution in [0.3, 0.4) is 0 Å². The lowest BCUT2D eigenvalue weighted by Gasteiger charge is -2.38. The Morgan fingerprint density at radius 1 is 1.47 bits per heavy atom. The highest BCUT2D eigenvalue weighted by atomic mass is 15.2. The van der Waals surface area contributed by atoms with Gasteiger partial charge in [0.05, 0.1) is 5.69 Å². The van der Waals surface area contributed by atoms with Crippen molar-refractivity contribution in [3.63, 3.8) is 0 Å². The highest BCUT2D eigenvalue weighted by Gasteiger charge is 2.43. The number of nitrogens with zero attached hydrogens (tertiary/aromatic N) is 2. The average molecular weight is 233 g/mol. The molecular weight excluding hydrogens is 210 g/mol. The largest absolute Gasteiger partial charge is 0.329 e. The van der Waals surface area contributed by atoms with Gasteiger partial charge in [-0.3, -0.25) is 9.88 Å². The molecule has 1 atom stereocenters. The Morgan fingerprint density at radius 2 is 2.18 bits per heavy atom. The fourth-order valence-electron chi connectivity index (χ4n) is 2.45. The van der Waals surface area contributed by atoms with Gasteiger partial charge in [-0.15, -0.1) is 0 Å². The number of hydrogen-bond acceptors (Lipinski definition) is 3. The third-order valence-electron chi connectivity index (χ3n) is 4.09. The second kappa shape index (κ2) is 4.75. The van der Waals surface area contributed by atoms with Gasteiger partial charge in [0, 0.05) is 24.3 Å². The highest BCUT2D eigenvalue weighted by Crippen LogP contribution is 2.42. The van der Waals surface area contributed by atoms with Gasteiger partial charge in [0.15, 0.2) is 0 Å². The van der Waals surface area contributed by atoms with E-state index < -0.39 is 0 Å². The molecule has 3 nitrogen and oxygen atoms in total. The summed E-state index contributed by atoms with van der Waals surface area (Å²) in [7, 11) is 2.16. The van der Waals surface area contributed by atoms with Crippen LogP contribution >= 0.6 is 0 Å². The fourth-order valence-corrected chi connectivity index (χ4v) is 2.45. The maximum absolute atomic E-state index is 5.97. The normalized spacial score (nSPS) is 19.4. The first-order valence-corrected chi connectivity index (χ1v) is 6.40. The minimum atomic E-state index is 0.130. The van der Waals surface area contributed by atoms with E-state index in [2.05, 4.69) is 36.0 Å². The van der Waals surface area contributed by atoms with Gasteiger partial charge >= 0.3 is 0 Å². The van der Waals surface area contributed by atoms with E-state index in [0.717, 1.165) is 30.4 Å². The molecule has 1 aliphatic rings. The van der Waals surface area contributed by atoms with Crippen molar-refractivity contribution in [2.24, 2.45) is 11.7 Å². The summed E-state index contributed by atoms with van der Waals surface area (Å²) < 4.78 is 0. The van der Waals surface area contributed by atoms with Crippen molar-refractivity contribution in [1.29, 1.82) is 0 Å². The quantitative estimate of drug-likeness (QED) is 0.845. The molecule has 0 aromatic carbocycles. The Balaban J connectivity index is 2.07. The zero-order valence-corrected chi connectivity index (χ0v) is 11.1. The molecule has 1 saturated carbocycles. The smallest absolute Gasteiger partial charge is 0.0547 e. The van der Waals surface area contributed by atoms with Crippen LogP contribution in [0, 0.1) is 12.8 Å². The number of nitrogens with two attached hydrogens (primary N) is 1. The zero-order valence-electron chi connectivity index (χ0n) is 11.1. The van der Waals surface area contributed by atoms with Crippen LogP contribution in [-0.4, -0.2) is 29.0 Å². The molecule has 3 heteroatoms. The van der Waals surface area contributed by atoms with Gasteiger partial charge in [-0.05, 0) is 51.8 Å². The van der Waals surface area contributed by atoms with Gasteiger partial charge in [-0.2, -0.15) is 0 Å². The van der Waals surface area contributed by atoms with Crippen molar-refractivity contribution in [1.82, 2.24) is 9.88 Å². The predicted molar refractivity (Wildman–Crippen MR) is 70.6 cm³/mol. The van der Waals surface area contributed by atoms with Gasteiger partial charge < -0.3 is 5.73 Å². The zero-order chi connectivity index (χ0) is 12.5. The Kier molecular flexibility index (Phi) is 3.50. The van der Waals surface area contributed by atoms with E-state index in [1.807, 2.05) is 13.0 Å². The summed E-state index contributed by atoms with van der Waals surface area (Å²) >= 11 is 0. The van der Waals surface area contributed by atoms with Crippen molar-refractivity contribution in [2.45, 2.75) is 38.8 Å². The molecule has 0 amide bonds. The monoisotopic (exact) mass is 233 g/mol. The summed E-state index contributed by atoms with van der Waals surface area (Å²) in [6.07, 6.45) is 2.64. The molecular formula is C14H23N3. The second-order valence-electron chi connectivity index (χ2n) is 5.46. The van der Waals surface area contributed by atoms with Crippen LogP contribution in [0.25, 0.3) is 0 Å². The molecule has 0 saturated heterocycles. The number of hydrogen-bond donors (Lipinski definition) is 1. The van der Waals surface area contributed by atoms with Crippen molar-refractivity contribution < 1.29 is 0 Å². The number of rotatable bonds is 5. The summed E-state index contributed by atoms with van der Waals surface area (Å²) in [6, 6.07) is 6.20. The minimum absolute atomic E-state index is 0.130. The predicted octanol–water partition coefficient (Wildman–Crippen LogP) is 1.95. The Hall–Kier alpha value is -0.930. The van der Waals surface area contributed by atoms with E-state index in [9.17, 15) is 0 Å². The first-order chi connectivity index (χ1) is 8.06. The van der Waals surface area contributed by atoms with Gasteiger partial charge in [0.1, 0.15) is 0 Å². The van der Waals surface area contributed by atoms with Crippen molar-refractivity contribution in [2.75, 3.05) is 13.6 Å². The maximum atomic E-state index is 5.97. The maximum Gasteiger partial charge on any atom is 0.0547 e. The Bertz CT molecular complexity index is 387. The molecule has 1 fully saturated rings. The summed E-state index contributed by atoms with van der Waals surface area (Å²) in [5.41, 5.74) is 8.31. The lowest BCUT2D eigenvalue weighted by atomic mass is 9.94. The van der Waals surface area contributed by atoms with Gasteiger partial charge in [-0.25, -0.2) is 0 Å². The van der Waals surface area contributed by atoms with Crippen molar-refractivity contribution >= 4 is 0 Å². The van der Waals surface area contributed by atoms with E-state index in [1.54, 1.807) is 0 Å². The summed E-state index contributed by atoms with van der Waals surface area (Å²) in [4.78, 5) is 6.93. The van der Waals surface area contributed by atoms with Crippen LogP contribution in [0.4, 0.5) is 0 Å². The number of aromatic nitrogens is 1. The molecule has 1 heterocycles. The molecule has 94 valence electrons. The van der Waals surface area contributed by atoms with E-state index in [1.165, 1.54) is 12.8 Å². The topological polar surface area (TPSA) is 42.1 Å². The molecule has 1 aliphatic carbocycles. The lowest BCUT2D eigenvalue weighted by Crippen LogP contribution is -2.51. The fraction of sp³-hybridized carbons (Fsp3) is 0.643. The number of likely N-dealkylation sites (N-methyl/N-ethyl adjacent to an activating group) is 1. The van der Waals surface area contributed by atoms with Crippen LogP contribution in [0.2, 0.25) is 0 Å². The van der Waals surface area contributed by atoms with Crippen LogP contribution in [0.5, 0.6) is 0 Å². The number of aryl methyl sites for hydroxylation is 1. The standard InChI is InChI=1S/C14H23N3/c1-11-5-4-6-13(16-11)9-17(3)14(2,10-15)12-7-8-12/h4-6,12H,7-10,15H2,1-3H3. The third kappa shape index (κ3) is 2.67. The minimum Gasteiger partial charge on any atom is -0.329 e. The van der Waals surface area contributed by atoms with Crippen molar-refractivity contribution in [3.05, 3.63) is 29.6 Å². The van der Waals surface area contributed by atoms with Crippen LogP contribution in [-0.2, 0) is 6.54 Å². The summed E-state index contributed by atoms with van der Waals surface area (Å²) in [5.74, 6) is 0.766.